The lowest BCUT2D eigenvalue weighted by Gasteiger charge is -2.06. The largest absolute Gasteiger partial charge is 0.497 e. The van der Waals surface area contributed by atoms with Crippen LogP contribution in [0.1, 0.15) is 32.6 Å². The fourth-order valence-electron chi connectivity index (χ4n) is 1.87. The van der Waals surface area contributed by atoms with Crippen molar-refractivity contribution in [3.63, 3.8) is 0 Å². The van der Waals surface area contributed by atoms with E-state index in [1.807, 2.05) is 0 Å². The highest BCUT2D eigenvalue weighted by Gasteiger charge is 2.14. The molecule has 1 aromatic rings. The van der Waals surface area contributed by atoms with Crippen molar-refractivity contribution >= 4 is 15.8 Å². The third-order valence-electron chi connectivity index (χ3n) is 3.02. The number of carbonyl (C=O) groups is 1. The van der Waals surface area contributed by atoms with Gasteiger partial charge < -0.3 is 9.47 Å². The maximum Gasteiger partial charge on any atom is 0.305 e. The molecule has 0 bridgehead atoms. The van der Waals surface area contributed by atoms with Gasteiger partial charge >= 0.3 is 5.97 Å². The Morgan fingerprint density at radius 3 is 2.33 bits per heavy atom. The van der Waals surface area contributed by atoms with Crippen molar-refractivity contribution in [2.24, 2.45) is 0 Å². The Balaban J connectivity index is 2.37. The van der Waals surface area contributed by atoms with E-state index in [0.29, 0.717) is 42.9 Å². The van der Waals surface area contributed by atoms with Gasteiger partial charge in [-0.3, -0.25) is 4.79 Å². The highest BCUT2D eigenvalue weighted by molar-refractivity contribution is 7.91. The molecule has 6 heteroatoms. The molecule has 0 amide bonds. The summed E-state index contributed by atoms with van der Waals surface area (Å²) in [6.07, 6.45) is 2.22. The number of carbonyl (C=O) groups excluding carboxylic acids is 1. The molecule has 0 aliphatic heterocycles. The van der Waals surface area contributed by atoms with Crippen LogP contribution in [-0.4, -0.2) is 33.9 Å². The lowest BCUT2D eigenvalue weighted by atomic mass is 10.2. The second-order valence-electron chi connectivity index (χ2n) is 4.61. The maximum atomic E-state index is 12.1. The Hall–Kier alpha value is -1.56. The summed E-state index contributed by atoms with van der Waals surface area (Å²) < 4.78 is 34.0. The van der Waals surface area contributed by atoms with E-state index < -0.39 is 9.84 Å². The smallest absolute Gasteiger partial charge is 0.305 e. The number of unbranched alkanes of at least 4 members (excludes halogenated alkanes) is 2. The Morgan fingerprint density at radius 2 is 1.76 bits per heavy atom. The Morgan fingerprint density at radius 1 is 1.10 bits per heavy atom. The first-order valence-electron chi connectivity index (χ1n) is 7.02. The van der Waals surface area contributed by atoms with E-state index in [1.54, 1.807) is 31.2 Å². The van der Waals surface area contributed by atoms with Crippen molar-refractivity contribution in [2.75, 3.05) is 19.5 Å². The van der Waals surface area contributed by atoms with Crippen LogP contribution in [0, 0.1) is 0 Å². The molecular formula is C15H22O5S. The highest BCUT2D eigenvalue weighted by Crippen LogP contribution is 2.18. The van der Waals surface area contributed by atoms with Crippen molar-refractivity contribution < 1.29 is 22.7 Å². The molecule has 0 aliphatic carbocycles. The summed E-state index contributed by atoms with van der Waals surface area (Å²) in [4.78, 5) is 11.4. The van der Waals surface area contributed by atoms with Gasteiger partial charge in [0, 0.05) is 6.42 Å². The molecule has 21 heavy (non-hydrogen) atoms. The quantitative estimate of drug-likeness (QED) is 0.517. The molecule has 118 valence electrons. The second-order valence-corrected chi connectivity index (χ2v) is 6.72. The lowest BCUT2D eigenvalue weighted by Crippen LogP contribution is -2.07. The molecule has 0 N–H and O–H groups in total. The van der Waals surface area contributed by atoms with E-state index in [-0.39, 0.29) is 11.7 Å². The van der Waals surface area contributed by atoms with Crippen molar-refractivity contribution in [3.8, 4) is 5.75 Å². The maximum absolute atomic E-state index is 12.1. The molecule has 0 unspecified atom stereocenters. The van der Waals surface area contributed by atoms with Gasteiger partial charge in [-0.1, -0.05) is 6.42 Å². The lowest BCUT2D eigenvalue weighted by molar-refractivity contribution is -0.143. The van der Waals surface area contributed by atoms with Crippen LogP contribution in [0.25, 0.3) is 0 Å². The molecule has 1 aromatic carbocycles. The number of rotatable bonds is 9. The van der Waals surface area contributed by atoms with E-state index in [0.717, 1.165) is 0 Å². The monoisotopic (exact) mass is 314 g/mol. The topological polar surface area (TPSA) is 69.7 Å². The van der Waals surface area contributed by atoms with Crippen molar-refractivity contribution in [2.45, 2.75) is 37.5 Å². The van der Waals surface area contributed by atoms with Gasteiger partial charge in [0.15, 0.2) is 9.84 Å². The van der Waals surface area contributed by atoms with E-state index in [4.69, 9.17) is 9.47 Å². The number of benzene rings is 1. The van der Waals surface area contributed by atoms with Crippen LogP contribution in [0.3, 0.4) is 0 Å². The number of hydrogen-bond acceptors (Lipinski definition) is 5. The summed E-state index contributed by atoms with van der Waals surface area (Å²) in [7, 11) is -1.73. The van der Waals surface area contributed by atoms with Crippen LogP contribution < -0.4 is 4.74 Å². The van der Waals surface area contributed by atoms with Gasteiger partial charge in [0.05, 0.1) is 24.4 Å². The second kappa shape index (κ2) is 8.67. The number of esters is 1. The summed E-state index contributed by atoms with van der Waals surface area (Å²) in [5.41, 5.74) is 0. The molecule has 5 nitrogen and oxygen atoms in total. The molecule has 0 aromatic heterocycles. The number of ether oxygens (including phenoxy) is 2. The Kier molecular flexibility index (Phi) is 7.22. The average molecular weight is 314 g/mol. The SMILES string of the molecule is CCOC(=O)CCCCCS(=O)(=O)c1ccc(OC)cc1. The van der Waals surface area contributed by atoms with E-state index in [9.17, 15) is 13.2 Å². The van der Waals surface area contributed by atoms with E-state index in [1.165, 1.54) is 7.11 Å². The molecule has 0 atom stereocenters. The van der Waals surface area contributed by atoms with Gasteiger partial charge in [-0.15, -0.1) is 0 Å². The summed E-state index contributed by atoms with van der Waals surface area (Å²) in [6, 6.07) is 6.36. The Bertz CT molecular complexity index is 534. The summed E-state index contributed by atoms with van der Waals surface area (Å²) in [6.45, 7) is 2.14. The fourth-order valence-corrected chi connectivity index (χ4v) is 3.24. The zero-order valence-electron chi connectivity index (χ0n) is 12.5. The third-order valence-corrected chi connectivity index (χ3v) is 4.83. The summed E-state index contributed by atoms with van der Waals surface area (Å²) in [5, 5.41) is 0. The highest BCUT2D eigenvalue weighted by atomic mass is 32.2. The summed E-state index contributed by atoms with van der Waals surface area (Å²) >= 11 is 0. The molecular weight excluding hydrogens is 292 g/mol. The zero-order valence-corrected chi connectivity index (χ0v) is 13.3. The molecule has 0 heterocycles. The molecule has 1 rings (SSSR count). The third kappa shape index (κ3) is 6.16. The van der Waals surface area contributed by atoms with Gasteiger partial charge in [-0.25, -0.2) is 8.42 Å². The van der Waals surface area contributed by atoms with Crippen molar-refractivity contribution in [1.29, 1.82) is 0 Å². The minimum atomic E-state index is -3.27. The first kappa shape index (κ1) is 17.5. The van der Waals surface area contributed by atoms with Gasteiger partial charge in [-0.2, -0.15) is 0 Å². The van der Waals surface area contributed by atoms with Crippen molar-refractivity contribution in [3.05, 3.63) is 24.3 Å². The Labute approximate surface area is 126 Å². The average Bonchev–Trinajstić information content (AvgIpc) is 2.47. The standard InChI is InChI=1S/C15H22O5S/c1-3-20-15(16)7-5-4-6-12-21(17,18)14-10-8-13(19-2)9-11-14/h8-11H,3-7,12H2,1-2H3. The van der Waals surface area contributed by atoms with Crippen LogP contribution in [-0.2, 0) is 19.4 Å². The normalized spacial score (nSPS) is 11.1. The minimum absolute atomic E-state index is 0.0855. The van der Waals surface area contributed by atoms with Crippen LogP contribution in [0.5, 0.6) is 5.75 Å². The van der Waals surface area contributed by atoms with Crippen LogP contribution in [0.4, 0.5) is 0 Å². The van der Waals surface area contributed by atoms with Crippen LogP contribution in [0.2, 0.25) is 0 Å². The van der Waals surface area contributed by atoms with Gasteiger partial charge in [-0.05, 0) is 44.0 Å². The van der Waals surface area contributed by atoms with Gasteiger partial charge in [0.2, 0.25) is 0 Å². The predicted molar refractivity (Wildman–Crippen MR) is 80.1 cm³/mol. The van der Waals surface area contributed by atoms with E-state index >= 15 is 0 Å². The predicted octanol–water partition coefficient (Wildman–Crippen LogP) is 2.59. The molecule has 0 aliphatic rings. The van der Waals surface area contributed by atoms with Gasteiger partial charge in [0.25, 0.3) is 0 Å². The molecule has 0 saturated heterocycles. The number of hydrogen-bond donors (Lipinski definition) is 0. The number of sulfone groups is 1. The van der Waals surface area contributed by atoms with Crippen LogP contribution >= 0.6 is 0 Å². The fraction of sp³-hybridized carbons (Fsp3) is 0.533. The molecule has 0 saturated carbocycles. The first-order chi connectivity index (χ1) is 9.99. The van der Waals surface area contributed by atoms with Gasteiger partial charge in [0.1, 0.15) is 5.75 Å². The zero-order chi connectivity index (χ0) is 15.7. The number of methoxy groups -OCH3 is 1. The van der Waals surface area contributed by atoms with Crippen molar-refractivity contribution in [1.82, 2.24) is 0 Å². The van der Waals surface area contributed by atoms with E-state index in [2.05, 4.69) is 0 Å². The minimum Gasteiger partial charge on any atom is -0.497 e. The first-order valence-corrected chi connectivity index (χ1v) is 8.67. The van der Waals surface area contributed by atoms with Crippen LogP contribution in [0.15, 0.2) is 29.2 Å². The molecule has 0 radical (unpaired) electrons. The summed E-state index contributed by atoms with van der Waals surface area (Å²) in [5.74, 6) is 0.487. The molecule has 0 spiro atoms. The molecule has 0 fully saturated rings.